The molecule has 0 spiro atoms. The zero-order chi connectivity index (χ0) is 19.2. The Morgan fingerprint density at radius 3 is 2.52 bits per heavy atom. The van der Waals surface area contributed by atoms with E-state index in [1.165, 1.54) is 0 Å². The molecule has 7 heteroatoms. The largest absolute Gasteiger partial charge is 0.385 e. The molecule has 0 fully saturated rings. The first kappa shape index (κ1) is 19.1. The van der Waals surface area contributed by atoms with Crippen molar-refractivity contribution in [2.75, 3.05) is 20.3 Å². The second kappa shape index (κ2) is 8.79. The highest BCUT2D eigenvalue weighted by Crippen LogP contribution is 2.23. The van der Waals surface area contributed by atoms with Crippen molar-refractivity contribution < 1.29 is 9.53 Å². The third kappa shape index (κ3) is 4.72. The molecule has 0 aliphatic heterocycles. The summed E-state index contributed by atoms with van der Waals surface area (Å²) in [5, 5.41) is 7.89. The molecule has 1 amide bonds. The lowest BCUT2D eigenvalue weighted by Gasteiger charge is -2.06. The van der Waals surface area contributed by atoms with Crippen LogP contribution in [0.25, 0.3) is 17.1 Å². The first-order valence-electron chi connectivity index (χ1n) is 8.65. The van der Waals surface area contributed by atoms with Crippen LogP contribution in [-0.4, -0.2) is 40.9 Å². The lowest BCUT2D eigenvalue weighted by atomic mass is 10.2. The molecule has 0 aliphatic rings. The highest BCUT2D eigenvalue weighted by atomic mass is 35.5. The number of benzene rings is 2. The van der Waals surface area contributed by atoms with Crippen molar-refractivity contribution in [1.29, 1.82) is 0 Å². The van der Waals surface area contributed by atoms with Crippen LogP contribution >= 0.6 is 11.6 Å². The van der Waals surface area contributed by atoms with Crippen LogP contribution in [0.4, 0.5) is 0 Å². The van der Waals surface area contributed by atoms with E-state index in [1.807, 2.05) is 43.3 Å². The molecular formula is C20H21ClN4O2. The lowest BCUT2D eigenvalue weighted by Crippen LogP contribution is -2.26. The summed E-state index contributed by atoms with van der Waals surface area (Å²) in [6, 6.07) is 15.2. The molecule has 0 saturated carbocycles. The maximum absolute atomic E-state index is 12.4. The zero-order valence-electron chi connectivity index (χ0n) is 15.3. The Bertz CT molecular complexity index is 842. The molecule has 0 atom stereocenters. The summed E-state index contributed by atoms with van der Waals surface area (Å²) in [5.41, 5.74) is 2.80. The smallest absolute Gasteiger partial charge is 0.290 e. The van der Waals surface area contributed by atoms with Gasteiger partial charge in [-0.3, -0.25) is 4.79 Å². The van der Waals surface area contributed by atoms with Crippen LogP contribution in [-0.2, 0) is 4.74 Å². The van der Waals surface area contributed by atoms with Crippen molar-refractivity contribution in [2.24, 2.45) is 0 Å². The Morgan fingerprint density at radius 1 is 1.15 bits per heavy atom. The van der Waals surface area contributed by atoms with Gasteiger partial charge in [0.2, 0.25) is 5.82 Å². The van der Waals surface area contributed by atoms with Crippen molar-refractivity contribution in [2.45, 2.75) is 13.3 Å². The number of ether oxygens (including phenoxy) is 1. The predicted molar refractivity (Wildman–Crippen MR) is 105 cm³/mol. The van der Waals surface area contributed by atoms with E-state index in [-0.39, 0.29) is 11.7 Å². The number of nitrogens with zero attached hydrogens (tertiary/aromatic N) is 3. The van der Waals surface area contributed by atoms with Gasteiger partial charge in [-0.2, -0.15) is 0 Å². The fourth-order valence-corrected chi connectivity index (χ4v) is 2.68. The molecular weight excluding hydrogens is 364 g/mol. The number of carbonyl (C=O) groups excluding carboxylic acids is 1. The Labute approximate surface area is 163 Å². The van der Waals surface area contributed by atoms with Crippen LogP contribution < -0.4 is 5.32 Å². The third-order valence-corrected chi connectivity index (χ3v) is 4.25. The SMILES string of the molecule is COCCCNC(=O)c1nc(-c2ccc(Cl)cc2)n(-c2ccc(C)cc2)n1. The molecule has 1 heterocycles. The van der Waals surface area contributed by atoms with E-state index in [0.717, 1.165) is 23.2 Å². The van der Waals surface area contributed by atoms with Gasteiger partial charge in [-0.05, 0) is 49.7 Å². The second-order valence-electron chi connectivity index (χ2n) is 6.12. The number of rotatable bonds is 7. The summed E-state index contributed by atoms with van der Waals surface area (Å²) in [5.74, 6) is 0.391. The summed E-state index contributed by atoms with van der Waals surface area (Å²) in [7, 11) is 1.63. The van der Waals surface area contributed by atoms with Gasteiger partial charge in [-0.25, -0.2) is 9.67 Å². The Hall–Kier alpha value is -2.70. The monoisotopic (exact) mass is 384 g/mol. The molecule has 0 radical (unpaired) electrons. The van der Waals surface area contributed by atoms with E-state index in [1.54, 1.807) is 23.9 Å². The fourth-order valence-electron chi connectivity index (χ4n) is 2.56. The molecule has 0 unspecified atom stereocenters. The van der Waals surface area contributed by atoms with Gasteiger partial charge in [0.1, 0.15) is 0 Å². The topological polar surface area (TPSA) is 69.0 Å². The first-order chi connectivity index (χ1) is 13.1. The second-order valence-corrected chi connectivity index (χ2v) is 6.55. The standard InChI is InChI=1S/C20H21ClN4O2/c1-14-4-10-17(11-5-14)25-19(15-6-8-16(21)9-7-15)23-18(24-25)20(26)22-12-3-13-27-2/h4-11H,3,12-13H2,1-2H3,(H,22,26). The maximum Gasteiger partial charge on any atom is 0.290 e. The number of hydrogen-bond acceptors (Lipinski definition) is 4. The van der Waals surface area contributed by atoms with Crippen LogP contribution in [0.5, 0.6) is 0 Å². The number of hydrogen-bond donors (Lipinski definition) is 1. The summed E-state index contributed by atoms with van der Waals surface area (Å²) in [6.45, 7) is 3.10. The van der Waals surface area contributed by atoms with Crippen molar-refractivity contribution >= 4 is 17.5 Å². The van der Waals surface area contributed by atoms with E-state index < -0.39 is 0 Å². The average Bonchev–Trinajstić information content (AvgIpc) is 3.12. The molecule has 6 nitrogen and oxygen atoms in total. The Balaban J connectivity index is 1.94. The van der Waals surface area contributed by atoms with Crippen molar-refractivity contribution in [3.63, 3.8) is 0 Å². The van der Waals surface area contributed by atoms with Gasteiger partial charge in [-0.15, -0.1) is 5.10 Å². The average molecular weight is 385 g/mol. The van der Waals surface area contributed by atoms with Crippen LogP contribution in [0, 0.1) is 6.92 Å². The normalized spacial score (nSPS) is 10.8. The van der Waals surface area contributed by atoms with Crippen LogP contribution in [0.15, 0.2) is 48.5 Å². The fraction of sp³-hybridized carbons (Fsp3) is 0.250. The Kier molecular flexibility index (Phi) is 6.21. The van der Waals surface area contributed by atoms with Gasteiger partial charge in [-0.1, -0.05) is 29.3 Å². The van der Waals surface area contributed by atoms with Crippen LogP contribution in [0.3, 0.4) is 0 Å². The summed E-state index contributed by atoms with van der Waals surface area (Å²) in [4.78, 5) is 16.9. The number of methoxy groups -OCH3 is 1. The number of nitrogens with one attached hydrogen (secondary N) is 1. The van der Waals surface area contributed by atoms with E-state index in [0.29, 0.717) is 24.0 Å². The van der Waals surface area contributed by atoms with E-state index in [4.69, 9.17) is 16.3 Å². The van der Waals surface area contributed by atoms with E-state index >= 15 is 0 Å². The maximum atomic E-state index is 12.4. The number of aromatic nitrogens is 3. The van der Waals surface area contributed by atoms with Gasteiger partial charge in [0.05, 0.1) is 5.69 Å². The molecule has 0 bridgehead atoms. The predicted octanol–water partition coefficient (Wildman–Crippen LogP) is 3.66. The molecule has 0 aliphatic carbocycles. The minimum Gasteiger partial charge on any atom is -0.385 e. The first-order valence-corrected chi connectivity index (χ1v) is 9.03. The molecule has 3 rings (SSSR count). The van der Waals surface area contributed by atoms with Gasteiger partial charge in [0, 0.05) is 30.8 Å². The third-order valence-electron chi connectivity index (χ3n) is 4.00. The van der Waals surface area contributed by atoms with Crippen molar-refractivity contribution in [1.82, 2.24) is 20.1 Å². The van der Waals surface area contributed by atoms with E-state index in [2.05, 4.69) is 15.4 Å². The molecule has 140 valence electrons. The molecule has 1 aromatic heterocycles. The number of halogens is 1. The van der Waals surface area contributed by atoms with Gasteiger partial charge < -0.3 is 10.1 Å². The molecule has 3 aromatic rings. The molecule has 0 saturated heterocycles. The minimum atomic E-state index is -0.313. The van der Waals surface area contributed by atoms with Crippen LogP contribution in [0.1, 0.15) is 22.6 Å². The van der Waals surface area contributed by atoms with Gasteiger partial charge in [0.15, 0.2) is 5.82 Å². The highest BCUT2D eigenvalue weighted by Gasteiger charge is 2.18. The summed E-state index contributed by atoms with van der Waals surface area (Å²) >= 11 is 5.99. The summed E-state index contributed by atoms with van der Waals surface area (Å²) in [6.07, 6.45) is 0.727. The summed E-state index contributed by atoms with van der Waals surface area (Å²) < 4.78 is 6.66. The van der Waals surface area contributed by atoms with Crippen molar-refractivity contribution in [3.05, 3.63) is 64.9 Å². The van der Waals surface area contributed by atoms with Gasteiger partial charge >= 0.3 is 0 Å². The molecule has 2 aromatic carbocycles. The minimum absolute atomic E-state index is 0.123. The quantitative estimate of drug-likeness (QED) is 0.631. The molecule has 1 N–H and O–H groups in total. The van der Waals surface area contributed by atoms with E-state index in [9.17, 15) is 4.79 Å². The Morgan fingerprint density at radius 2 is 1.85 bits per heavy atom. The highest BCUT2D eigenvalue weighted by molar-refractivity contribution is 6.30. The zero-order valence-corrected chi connectivity index (χ0v) is 16.0. The van der Waals surface area contributed by atoms with Gasteiger partial charge in [0.25, 0.3) is 5.91 Å². The number of amides is 1. The number of aryl methyl sites for hydroxylation is 1. The van der Waals surface area contributed by atoms with Crippen molar-refractivity contribution in [3.8, 4) is 17.1 Å². The number of carbonyl (C=O) groups is 1. The van der Waals surface area contributed by atoms with Crippen LogP contribution in [0.2, 0.25) is 5.02 Å². The lowest BCUT2D eigenvalue weighted by molar-refractivity contribution is 0.0938. The molecule has 27 heavy (non-hydrogen) atoms.